The Balaban J connectivity index is 1.42. The lowest BCUT2D eigenvalue weighted by atomic mass is 9.79. The predicted octanol–water partition coefficient (Wildman–Crippen LogP) is 3.95. The number of hydrogen-bond donors (Lipinski definition) is 0. The van der Waals surface area contributed by atoms with Gasteiger partial charge in [0.05, 0.1) is 18.0 Å². The number of allylic oxidation sites excluding steroid dienone is 5. The summed E-state index contributed by atoms with van der Waals surface area (Å²) in [7, 11) is 0. The molecular weight excluding hydrogens is 407 g/mol. The van der Waals surface area contributed by atoms with Crippen molar-refractivity contribution >= 4 is 11.6 Å². The van der Waals surface area contributed by atoms with Gasteiger partial charge in [-0.3, -0.25) is 9.20 Å². The summed E-state index contributed by atoms with van der Waals surface area (Å²) in [6.45, 7) is 0.244. The van der Waals surface area contributed by atoms with Gasteiger partial charge < -0.3 is 4.90 Å². The van der Waals surface area contributed by atoms with Gasteiger partial charge in [-0.1, -0.05) is 18.2 Å². The van der Waals surface area contributed by atoms with Crippen LogP contribution in [0.4, 0.5) is 13.2 Å². The Morgan fingerprint density at radius 2 is 2.06 bits per heavy atom. The van der Waals surface area contributed by atoms with Gasteiger partial charge in [0.2, 0.25) is 5.82 Å². The maximum Gasteiger partial charge on any atom is 0.392 e. The minimum atomic E-state index is -4.25. The van der Waals surface area contributed by atoms with Gasteiger partial charge in [-0.2, -0.15) is 18.4 Å². The van der Waals surface area contributed by atoms with Crippen molar-refractivity contribution < 1.29 is 18.0 Å². The standard InChI is InChI=1S/C22H16F3N5O/c23-22(24,25)18-4-2-1-3-17(18)14-7-15-11-29(12-16(15)8-14)21(31)20-28-27-19-6-5-13(9-26)10-30(19)20/h1,3,5-8,10-11,17-18H,2,4,12H2. The third kappa shape index (κ3) is 3.24. The van der Waals surface area contributed by atoms with Gasteiger partial charge in [0.25, 0.3) is 5.91 Å². The number of carbonyl (C=O) groups is 1. The van der Waals surface area contributed by atoms with Crippen LogP contribution in [-0.2, 0) is 0 Å². The second kappa shape index (κ2) is 6.94. The highest BCUT2D eigenvalue weighted by atomic mass is 19.4. The fraction of sp³-hybridized carbons (Fsp3) is 0.273. The molecule has 2 aliphatic carbocycles. The fourth-order valence-electron chi connectivity index (χ4n) is 4.35. The van der Waals surface area contributed by atoms with E-state index in [9.17, 15) is 18.0 Å². The molecule has 5 rings (SSSR count). The number of alkyl halides is 3. The first-order valence-corrected chi connectivity index (χ1v) is 9.79. The van der Waals surface area contributed by atoms with Gasteiger partial charge >= 0.3 is 6.18 Å². The number of rotatable bonds is 2. The molecule has 31 heavy (non-hydrogen) atoms. The second-order valence-electron chi connectivity index (χ2n) is 7.79. The monoisotopic (exact) mass is 423 g/mol. The number of aromatic nitrogens is 3. The van der Waals surface area contributed by atoms with E-state index in [2.05, 4.69) is 10.2 Å². The fourth-order valence-corrected chi connectivity index (χ4v) is 4.35. The molecule has 0 N–H and O–H groups in total. The summed E-state index contributed by atoms with van der Waals surface area (Å²) < 4.78 is 41.8. The zero-order chi connectivity index (χ0) is 21.8. The Morgan fingerprint density at radius 3 is 2.81 bits per heavy atom. The van der Waals surface area contributed by atoms with Gasteiger partial charge in [0, 0.05) is 18.3 Å². The van der Waals surface area contributed by atoms with E-state index in [0.29, 0.717) is 23.2 Å². The van der Waals surface area contributed by atoms with E-state index in [1.165, 1.54) is 15.5 Å². The van der Waals surface area contributed by atoms with Crippen LogP contribution < -0.4 is 0 Å². The maximum atomic E-state index is 13.5. The van der Waals surface area contributed by atoms with Crippen molar-refractivity contribution in [1.29, 1.82) is 5.26 Å². The molecule has 2 unspecified atom stereocenters. The Labute approximate surface area is 175 Å². The molecule has 0 bridgehead atoms. The molecule has 2 aromatic heterocycles. The van der Waals surface area contributed by atoms with Gasteiger partial charge in [-0.05, 0) is 47.8 Å². The summed E-state index contributed by atoms with van der Waals surface area (Å²) in [4.78, 5) is 14.4. The molecule has 3 heterocycles. The number of nitrogens with zero attached hydrogens (tertiary/aromatic N) is 5. The molecule has 2 atom stereocenters. The molecule has 0 saturated heterocycles. The number of fused-ring (bicyclic) bond motifs is 2. The molecule has 1 aliphatic heterocycles. The number of nitriles is 1. The lowest BCUT2D eigenvalue weighted by molar-refractivity contribution is -0.184. The van der Waals surface area contributed by atoms with Crippen LogP contribution in [0.2, 0.25) is 0 Å². The van der Waals surface area contributed by atoms with E-state index in [4.69, 9.17) is 5.26 Å². The van der Waals surface area contributed by atoms with Crippen LogP contribution >= 0.6 is 0 Å². The lowest BCUT2D eigenvalue weighted by Crippen LogP contribution is -2.31. The number of amides is 1. The van der Waals surface area contributed by atoms with Crippen molar-refractivity contribution in [2.75, 3.05) is 6.54 Å². The second-order valence-corrected chi connectivity index (χ2v) is 7.79. The summed E-state index contributed by atoms with van der Waals surface area (Å²) in [6.07, 6.45) is 6.32. The third-order valence-electron chi connectivity index (χ3n) is 5.88. The summed E-state index contributed by atoms with van der Waals surface area (Å²) in [5.41, 5.74) is 2.97. The Morgan fingerprint density at radius 1 is 1.23 bits per heavy atom. The van der Waals surface area contributed by atoms with Crippen molar-refractivity contribution in [1.82, 2.24) is 19.5 Å². The SMILES string of the molecule is N#Cc1ccc2nnc(C(=O)N3C=C4C=C(C5C=CCCC5C(F)(F)F)C=C4C3)n2c1. The topological polar surface area (TPSA) is 74.3 Å². The van der Waals surface area contributed by atoms with E-state index >= 15 is 0 Å². The van der Waals surface area contributed by atoms with Gasteiger partial charge in [-0.15, -0.1) is 10.2 Å². The maximum absolute atomic E-state index is 13.5. The van der Waals surface area contributed by atoms with Crippen LogP contribution in [0.25, 0.3) is 5.65 Å². The molecule has 6 nitrogen and oxygen atoms in total. The van der Waals surface area contributed by atoms with Gasteiger partial charge in [-0.25, -0.2) is 0 Å². The van der Waals surface area contributed by atoms with Crippen molar-refractivity contribution in [3.05, 3.63) is 76.9 Å². The summed E-state index contributed by atoms with van der Waals surface area (Å²) in [5, 5.41) is 17.0. The quantitative estimate of drug-likeness (QED) is 0.686. The first-order valence-electron chi connectivity index (χ1n) is 9.79. The average molecular weight is 423 g/mol. The van der Waals surface area contributed by atoms with Crippen LogP contribution in [0, 0.1) is 23.2 Å². The third-order valence-corrected chi connectivity index (χ3v) is 5.88. The van der Waals surface area contributed by atoms with Gasteiger partial charge in [0.1, 0.15) is 6.07 Å². The first-order chi connectivity index (χ1) is 14.8. The molecule has 3 aliphatic rings. The van der Waals surface area contributed by atoms with E-state index in [-0.39, 0.29) is 18.8 Å². The lowest BCUT2D eigenvalue weighted by Gasteiger charge is -2.30. The highest BCUT2D eigenvalue weighted by Crippen LogP contribution is 2.45. The number of hydrogen-bond acceptors (Lipinski definition) is 4. The number of pyridine rings is 1. The van der Waals surface area contributed by atoms with E-state index in [0.717, 1.165) is 11.1 Å². The predicted molar refractivity (Wildman–Crippen MR) is 104 cm³/mol. The molecule has 0 fully saturated rings. The molecule has 9 heteroatoms. The molecule has 2 aromatic rings. The zero-order valence-corrected chi connectivity index (χ0v) is 16.2. The molecule has 1 amide bonds. The smallest absolute Gasteiger partial charge is 0.307 e. The Bertz CT molecular complexity index is 1260. The minimum Gasteiger partial charge on any atom is -0.307 e. The first kappa shape index (κ1) is 19.3. The van der Waals surface area contributed by atoms with Crippen molar-refractivity contribution in [3.63, 3.8) is 0 Å². The van der Waals surface area contributed by atoms with Crippen LogP contribution in [0.1, 0.15) is 29.0 Å². The highest BCUT2D eigenvalue weighted by Gasteiger charge is 2.45. The van der Waals surface area contributed by atoms with Crippen LogP contribution in [0.15, 0.2) is 65.6 Å². The molecular formula is C22H16F3N5O. The van der Waals surface area contributed by atoms with E-state index < -0.39 is 23.9 Å². The summed E-state index contributed by atoms with van der Waals surface area (Å²) >= 11 is 0. The van der Waals surface area contributed by atoms with Crippen molar-refractivity contribution in [2.24, 2.45) is 11.8 Å². The van der Waals surface area contributed by atoms with Gasteiger partial charge in [0.15, 0.2) is 5.65 Å². The number of carbonyl (C=O) groups excluding carboxylic acids is 1. The summed E-state index contributed by atoms with van der Waals surface area (Å²) in [6, 6.07) is 5.20. The van der Waals surface area contributed by atoms with Crippen molar-refractivity contribution in [3.8, 4) is 6.07 Å². The minimum absolute atomic E-state index is 0.0704. The average Bonchev–Trinajstić information content (AvgIpc) is 3.45. The van der Waals surface area contributed by atoms with Crippen molar-refractivity contribution in [2.45, 2.75) is 19.0 Å². The van der Waals surface area contributed by atoms with Crippen LogP contribution in [0.3, 0.4) is 0 Å². The van der Waals surface area contributed by atoms with Crippen LogP contribution in [-0.4, -0.2) is 38.1 Å². The molecule has 156 valence electrons. The Kier molecular flexibility index (Phi) is 4.32. The zero-order valence-electron chi connectivity index (χ0n) is 16.2. The molecule has 0 aromatic carbocycles. The normalized spacial score (nSPS) is 22.8. The highest BCUT2D eigenvalue weighted by molar-refractivity contribution is 5.93. The summed E-state index contributed by atoms with van der Waals surface area (Å²) in [5.74, 6) is -2.43. The Hall–Kier alpha value is -3.67. The molecule has 0 spiro atoms. The molecule has 0 saturated carbocycles. The van der Waals surface area contributed by atoms with Crippen LogP contribution in [0.5, 0.6) is 0 Å². The van der Waals surface area contributed by atoms with E-state index in [1.54, 1.807) is 42.6 Å². The van der Waals surface area contributed by atoms with E-state index in [1.807, 2.05) is 6.07 Å². The molecule has 0 radical (unpaired) electrons. The number of halogens is 3. The largest absolute Gasteiger partial charge is 0.392 e.